The Morgan fingerprint density at radius 1 is 1.38 bits per heavy atom. The van der Waals surface area contributed by atoms with Crippen LogP contribution in [0.4, 0.5) is 4.79 Å². The highest BCUT2D eigenvalue weighted by atomic mass is 79.9. The number of carbonyl (C=O) groups excluding carboxylic acids is 2. The zero-order valence-electron chi connectivity index (χ0n) is 10.3. The first-order chi connectivity index (χ1) is 7.30. The molecule has 5 heteroatoms. The van der Waals surface area contributed by atoms with Gasteiger partial charge in [-0.15, -0.1) is 0 Å². The highest BCUT2D eigenvalue weighted by molar-refractivity contribution is 9.09. The van der Waals surface area contributed by atoms with Crippen molar-refractivity contribution < 1.29 is 14.3 Å². The van der Waals surface area contributed by atoms with Crippen LogP contribution in [-0.2, 0) is 9.53 Å². The van der Waals surface area contributed by atoms with Crippen molar-refractivity contribution in [2.45, 2.75) is 39.7 Å². The lowest BCUT2D eigenvalue weighted by atomic mass is 10.0. The van der Waals surface area contributed by atoms with Crippen molar-refractivity contribution in [2.75, 3.05) is 11.9 Å². The van der Waals surface area contributed by atoms with Crippen molar-refractivity contribution in [3.8, 4) is 0 Å². The molecule has 1 N–H and O–H groups in total. The third-order valence-electron chi connectivity index (χ3n) is 1.97. The summed E-state index contributed by atoms with van der Waals surface area (Å²) in [5, 5.41) is 2.92. The number of amides is 1. The number of carbonyl (C=O) groups is 2. The average molecular weight is 294 g/mol. The number of alkyl halides is 1. The van der Waals surface area contributed by atoms with E-state index in [1.54, 1.807) is 20.8 Å². The molecule has 1 atom stereocenters. The molecule has 16 heavy (non-hydrogen) atoms. The molecule has 0 aromatic heterocycles. The summed E-state index contributed by atoms with van der Waals surface area (Å²) in [5.74, 6) is -0.0505. The molecule has 94 valence electrons. The first-order valence-corrected chi connectivity index (χ1v) is 6.47. The van der Waals surface area contributed by atoms with Crippen LogP contribution < -0.4 is 5.32 Å². The van der Waals surface area contributed by atoms with Gasteiger partial charge in [0.15, 0.2) is 0 Å². The Bertz CT molecular complexity index is 248. The third kappa shape index (κ3) is 6.82. The molecule has 0 heterocycles. The summed E-state index contributed by atoms with van der Waals surface area (Å²) < 4.78 is 5.07. The molecular weight excluding hydrogens is 274 g/mol. The lowest BCUT2D eigenvalue weighted by Gasteiger charge is -2.21. The molecule has 0 spiro atoms. The van der Waals surface area contributed by atoms with Crippen LogP contribution >= 0.6 is 15.9 Å². The molecule has 0 radical (unpaired) electrons. The summed E-state index contributed by atoms with van der Waals surface area (Å²) in [4.78, 5) is 22.7. The van der Waals surface area contributed by atoms with Crippen LogP contribution in [0.25, 0.3) is 0 Å². The fourth-order valence-corrected chi connectivity index (χ4v) is 1.57. The van der Waals surface area contributed by atoms with Gasteiger partial charge in [0.05, 0.1) is 5.33 Å². The third-order valence-corrected chi connectivity index (χ3v) is 2.52. The lowest BCUT2D eigenvalue weighted by Crippen LogP contribution is -2.37. The molecule has 1 amide bonds. The minimum Gasteiger partial charge on any atom is -0.444 e. The second-order valence-corrected chi connectivity index (χ2v) is 5.15. The molecule has 0 bridgehead atoms. The van der Waals surface area contributed by atoms with Gasteiger partial charge >= 0.3 is 6.09 Å². The van der Waals surface area contributed by atoms with Crippen LogP contribution in [0.15, 0.2) is 0 Å². The van der Waals surface area contributed by atoms with E-state index in [4.69, 9.17) is 4.74 Å². The van der Waals surface area contributed by atoms with Crippen LogP contribution in [0.1, 0.15) is 34.1 Å². The first-order valence-electron chi connectivity index (χ1n) is 5.35. The van der Waals surface area contributed by atoms with E-state index in [-0.39, 0.29) is 11.7 Å². The van der Waals surface area contributed by atoms with Crippen molar-refractivity contribution in [2.24, 2.45) is 5.92 Å². The summed E-state index contributed by atoms with van der Waals surface area (Å²) in [6, 6.07) is 0. The van der Waals surface area contributed by atoms with Gasteiger partial charge in [0, 0.05) is 12.5 Å². The Balaban J connectivity index is 4.03. The number of ketones is 1. The maximum Gasteiger partial charge on any atom is 0.407 e. The van der Waals surface area contributed by atoms with Crippen molar-refractivity contribution in [1.82, 2.24) is 5.32 Å². The zero-order valence-corrected chi connectivity index (χ0v) is 11.9. The van der Waals surface area contributed by atoms with E-state index < -0.39 is 11.7 Å². The monoisotopic (exact) mass is 293 g/mol. The number of hydrogen-bond acceptors (Lipinski definition) is 3. The molecule has 4 nitrogen and oxygen atoms in total. The number of alkyl carbamates (subject to hydrolysis) is 1. The van der Waals surface area contributed by atoms with Gasteiger partial charge in [-0.1, -0.05) is 22.9 Å². The number of hydrogen-bond donors (Lipinski definition) is 1. The standard InChI is InChI=1S/C11H20BrNO3/c1-5-8(9(14)6-12)7-13-10(15)16-11(2,3)4/h8H,5-7H2,1-4H3,(H,13,15). The second kappa shape index (κ2) is 6.89. The minimum absolute atomic E-state index is 0.0959. The van der Waals surface area contributed by atoms with Crippen molar-refractivity contribution in [1.29, 1.82) is 0 Å². The summed E-state index contributed by atoms with van der Waals surface area (Å²) in [5.41, 5.74) is -0.509. The van der Waals surface area contributed by atoms with Crippen LogP contribution in [0.5, 0.6) is 0 Å². The molecule has 0 aliphatic heterocycles. The van der Waals surface area contributed by atoms with E-state index in [1.165, 1.54) is 0 Å². The van der Waals surface area contributed by atoms with Gasteiger partial charge in [0.1, 0.15) is 11.4 Å². The van der Waals surface area contributed by atoms with Gasteiger partial charge in [-0.2, -0.15) is 0 Å². The van der Waals surface area contributed by atoms with E-state index in [9.17, 15) is 9.59 Å². The van der Waals surface area contributed by atoms with Crippen molar-refractivity contribution in [3.05, 3.63) is 0 Å². The van der Waals surface area contributed by atoms with Gasteiger partial charge < -0.3 is 10.1 Å². The normalized spacial score (nSPS) is 13.1. The van der Waals surface area contributed by atoms with E-state index in [0.29, 0.717) is 18.3 Å². The average Bonchev–Trinajstić information content (AvgIpc) is 2.15. The predicted octanol–water partition coefficient (Wildman–Crippen LogP) is 2.50. The Morgan fingerprint density at radius 3 is 2.31 bits per heavy atom. The summed E-state index contributed by atoms with van der Waals surface area (Å²) in [6.45, 7) is 7.65. The molecule has 0 aromatic carbocycles. The Morgan fingerprint density at radius 2 is 1.94 bits per heavy atom. The van der Waals surface area contributed by atoms with Crippen molar-refractivity contribution >= 4 is 27.8 Å². The zero-order chi connectivity index (χ0) is 12.8. The lowest BCUT2D eigenvalue weighted by molar-refractivity contribution is -0.120. The summed E-state index contributed by atoms with van der Waals surface area (Å²) >= 11 is 3.12. The molecule has 0 aliphatic rings. The molecule has 1 unspecified atom stereocenters. The topological polar surface area (TPSA) is 55.4 Å². The van der Waals surface area contributed by atoms with E-state index in [2.05, 4.69) is 21.2 Å². The maximum absolute atomic E-state index is 11.4. The molecule has 0 saturated heterocycles. The second-order valence-electron chi connectivity index (χ2n) is 4.59. The van der Waals surface area contributed by atoms with E-state index in [1.807, 2.05) is 6.92 Å². The van der Waals surface area contributed by atoms with Crippen LogP contribution in [0.3, 0.4) is 0 Å². The van der Waals surface area contributed by atoms with Gasteiger partial charge in [0.2, 0.25) is 0 Å². The molecule has 0 aliphatic carbocycles. The molecule has 0 fully saturated rings. The van der Waals surface area contributed by atoms with Gasteiger partial charge in [-0.3, -0.25) is 4.79 Å². The quantitative estimate of drug-likeness (QED) is 0.793. The molecule has 0 saturated carbocycles. The highest BCUT2D eigenvalue weighted by Gasteiger charge is 2.19. The SMILES string of the molecule is CCC(CNC(=O)OC(C)(C)C)C(=O)CBr. The Kier molecular flexibility index (Phi) is 6.64. The number of rotatable bonds is 5. The number of halogens is 1. The number of Topliss-reactive ketones (excluding diaryl/α,β-unsaturated/α-hetero) is 1. The fourth-order valence-electron chi connectivity index (χ4n) is 1.12. The summed E-state index contributed by atoms with van der Waals surface area (Å²) in [7, 11) is 0. The van der Waals surface area contributed by atoms with Crippen LogP contribution in [0.2, 0.25) is 0 Å². The smallest absolute Gasteiger partial charge is 0.407 e. The van der Waals surface area contributed by atoms with Gasteiger partial charge in [-0.25, -0.2) is 4.79 Å². The van der Waals surface area contributed by atoms with E-state index in [0.717, 1.165) is 0 Å². The molecule has 0 rings (SSSR count). The first kappa shape index (κ1) is 15.4. The van der Waals surface area contributed by atoms with Gasteiger partial charge in [-0.05, 0) is 27.2 Å². The largest absolute Gasteiger partial charge is 0.444 e. The summed E-state index contributed by atoms with van der Waals surface area (Å²) in [6.07, 6.45) is 0.230. The van der Waals surface area contributed by atoms with Gasteiger partial charge in [0.25, 0.3) is 0 Å². The van der Waals surface area contributed by atoms with Crippen LogP contribution in [-0.4, -0.2) is 29.4 Å². The predicted molar refractivity (Wildman–Crippen MR) is 66.8 cm³/mol. The number of ether oxygens (including phenoxy) is 1. The maximum atomic E-state index is 11.4. The van der Waals surface area contributed by atoms with Crippen molar-refractivity contribution in [3.63, 3.8) is 0 Å². The minimum atomic E-state index is -0.509. The van der Waals surface area contributed by atoms with E-state index >= 15 is 0 Å². The highest BCUT2D eigenvalue weighted by Crippen LogP contribution is 2.08. The number of nitrogens with one attached hydrogen (secondary N) is 1. The Hall–Kier alpha value is -0.580. The molecule has 0 aromatic rings. The molecular formula is C11H20BrNO3. The fraction of sp³-hybridized carbons (Fsp3) is 0.818. The van der Waals surface area contributed by atoms with Crippen LogP contribution in [0, 0.1) is 5.92 Å². The Labute approximate surface area is 105 Å².